The number of H-pyrrole nitrogens is 1. The molecule has 0 aliphatic heterocycles. The minimum absolute atomic E-state index is 0.0924. The molecule has 0 unspecified atom stereocenters. The molecular weight excluding hydrogens is 248 g/mol. The predicted molar refractivity (Wildman–Crippen MR) is 71.5 cm³/mol. The first-order valence-corrected chi connectivity index (χ1v) is 7.60. The highest BCUT2D eigenvalue weighted by Crippen LogP contribution is 2.18. The number of carbonyl (C=O) groups is 1. The quantitative estimate of drug-likeness (QED) is 0.800. The Balaban J connectivity index is 1.70. The molecule has 1 aliphatic rings. The van der Waals surface area contributed by atoms with Crippen LogP contribution in [-0.2, 0) is 11.2 Å². The van der Waals surface area contributed by atoms with Crippen molar-refractivity contribution >= 4 is 17.7 Å². The monoisotopic (exact) mass is 268 g/mol. The number of carbonyl (C=O) groups excluding carboxylic acids is 1. The van der Waals surface area contributed by atoms with E-state index >= 15 is 0 Å². The molecule has 100 valence electrons. The molecule has 0 aromatic carbocycles. The van der Waals surface area contributed by atoms with Gasteiger partial charge < -0.3 is 5.32 Å². The molecule has 6 heteroatoms. The van der Waals surface area contributed by atoms with Gasteiger partial charge in [-0.15, -0.1) is 5.10 Å². The molecule has 0 bridgehead atoms. The van der Waals surface area contributed by atoms with Crippen LogP contribution in [-0.4, -0.2) is 32.9 Å². The molecule has 0 spiro atoms. The largest absolute Gasteiger partial charge is 0.353 e. The van der Waals surface area contributed by atoms with E-state index in [9.17, 15) is 4.79 Å². The van der Waals surface area contributed by atoms with Gasteiger partial charge in [-0.25, -0.2) is 4.98 Å². The lowest BCUT2D eigenvalue weighted by Crippen LogP contribution is -2.37. The number of aromatic nitrogens is 3. The molecule has 0 radical (unpaired) electrons. The Morgan fingerprint density at radius 1 is 1.44 bits per heavy atom. The van der Waals surface area contributed by atoms with Crippen molar-refractivity contribution in [3.05, 3.63) is 5.82 Å². The lowest BCUT2D eigenvalue weighted by atomic mass is 9.95. The fraction of sp³-hybridized carbons (Fsp3) is 0.750. The van der Waals surface area contributed by atoms with E-state index < -0.39 is 0 Å². The number of nitrogens with zero attached hydrogens (tertiary/aromatic N) is 2. The standard InChI is InChI=1S/C12H20N4OS/c1-2-10-14-12(16-15-10)18-8-11(17)13-9-6-4-3-5-7-9/h9H,2-8H2,1H3,(H,13,17)(H,14,15,16). The van der Waals surface area contributed by atoms with Gasteiger partial charge in [0.25, 0.3) is 0 Å². The van der Waals surface area contributed by atoms with Gasteiger partial charge in [-0.1, -0.05) is 37.9 Å². The van der Waals surface area contributed by atoms with Crippen LogP contribution in [0, 0.1) is 0 Å². The van der Waals surface area contributed by atoms with Crippen molar-refractivity contribution in [1.29, 1.82) is 0 Å². The third-order valence-electron chi connectivity index (χ3n) is 3.15. The smallest absolute Gasteiger partial charge is 0.230 e. The number of amides is 1. The first kappa shape index (κ1) is 13.4. The molecule has 1 fully saturated rings. The highest BCUT2D eigenvalue weighted by atomic mass is 32.2. The maximum atomic E-state index is 11.8. The van der Waals surface area contributed by atoms with Crippen molar-refractivity contribution in [2.75, 3.05) is 5.75 Å². The van der Waals surface area contributed by atoms with Crippen molar-refractivity contribution in [2.45, 2.75) is 56.6 Å². The van der Waals surface area contributed by atoms with Gasteiger partial charge in [0.05, 0.1) is 5.75 Å². The second-order valence-corrected chi connectivity index (χ2v) is 5.55. The minimum atomic E-state index is 0.0924. The van der Waals surface area contributed by atoms with Gasteiger partial charge in [-0.3, -0.25) is 9.89 Å². The summed E-state index contributed by atoms with van der Waals surface area (Å²) in [6.07, 6.45) is 6.85. The average molecular weight is 268 g/mol. The number of hydrogen-bond donors (Lipinski definition) is 2. The Morgan fingerprint density at radius 2 is 2.22 bits per heavy atom. The second-order valence-electron chi connectivity index (χ2n) is 4.61. The van der Waals surface area contributed by atoms with Crippen LogP contribution < -0.4 is 5.32 Å². The van der Waals surface area contributed by atoms with Crippen molar-refractivity contribution in [3.63, 3.8) is 0 Å². The van der Waals surface area contributed by atoms with Gasteiger partial charge in [0, 0.05) is 12.5 Å². The number of rotatable bonds is 5. The van der Waals surface area contributed by atoms with Crippen molar-refractivity contribution in [2.24, 2.45) is 0 Å². The Hall–Kier alpha value is -1.04. The van der Waals surface area contributed by atoms with Crippen LogP contribution in [0.4, 0.5) is 0 Å². The highest BCUT2D eigenvalue weighted by Gasteiger charge is 2.16. The molecule has 0 saturated heterocycles. The van der Waals surface area contributed by atoms with Crippen LogP contribution >= 0.6 is 11.8 Å². The summed E-state index contributed by atoms with van der Waals surface area (Å²) in [5, 5.41) is 10.6. The summed E-state index contributed by atoms with van der Waals surface area (Å²) in [5.74, 6) is 1.36. The van der Waals surface area contributed by atoms with Crippen LogP contribution in [0.25, 0.3) is 0 Å². The average Bonchev–Trinajstić information content (AvgIpc) is 2.85. The summed E-state index contributed by atoms with van der Waals surface area (Å²) in [7, 11) is 0. The Kier molecular flexibility index (Phi) is 5.04. The molecule has 1 aromatic heterocycles. The van der Waals surface area contributed by atoms with Crippen molar-refractivity contribution in [3.8, 4) is 0 Å². The fourth-order valence-electron chi connectivity index (χ4n) is 2.15. The van der Waals surface area contributed by atoms with Crippen molar-refractivity contribution < 1.29 is 4.79 Å². The highest BCUT2D eigenvalue weighted by molar-refractivity contribution is 7.99. The van der Waals surface area contributed by atoms with Crippen LogP contribution in [0.15, 0.2) is 5.16 Å². The van der Waals surface area contributed by atoms with E-state index in [1.807, 2.05) is 6.92 Å². The zero-order valence-electron chi connectivity index (χ0n) is 10.7. The lowest BCUT2D eigenvalue weighted by molar-refractivity contribution is -0.119. The maximum absolute atomic E-state index is 11.8. The summed E-state index contributed by atoms with van der Waals surface area (Å²) < 4.78 is 0. The van der Waals surface area contributed by atoms with Gasteiger partial charge in [-0.2, -0.15) is 0 Å². The minimum Gasteiger partial charge on any atom is -0.353 e. The van der Waals surface area contributed by atoms with E-state index in [1.165, 1.54) is 31.0 Å². The van der Waals surface area contributed by atoms with Crippen molar-refractivity contribution in [1.82, 2.24) is 20.5 Å². The molecule has 1 aliphatic carbocycles. The van der Waals surface area contributed by atoms with E-state index in [1.54, 1.807) is 0 Å². The second kappa shape index (κ2) is 6.78. The molecule has 18 heavy (non-hydrogen) atoms. The van der Waals surface area contributed by atoms with Gasteiger partial charge in [-0.05, 0) is 12.8 Å². The van der Waals surface area contributed by atoms with Gasteiger partial charge in [0.15, 0.2) is 0 Å². The summed E-state index contributed by atoms with van der Waals surface area (Å²) in [6.45, 7) is 2.02. The molecular formula is C12H20N4OS. The van der Waals surface area contributed by atoms with Gasteiger partial charge in [0.2, 0.25) is 11.1 Å². The van der Waals surface area contributed by atoms with E-state index in [2.05, 4.69) is 20.5 Å². The Labute approximate surface area is 112 Å². The summed E-state index contributed by atoms with van der Waals surface area (Å²) in [5.41, 5.74) is 0. The summed E-state index contributed by atoms with van der Waals surface area (Å²) >= 11 is 1.39. The number of nitrogens with one attached hydrogen (secondary N) is 2. The lowest BCUT2D eigenvalue weighted by Gasteiger charge is -2.22. The van der Waals surface area contributed by atoms with E-state index in [0.29, 0.717) is 17.0 Å². The zero-order chi connectivity index (χ0) is 12.8. The normalized spacial score (nSPS) is 16.7. The molecule has 1 aromatic rings. The molecule has 1 saturated carbocycles. The Bertz CT molecular complexity index is 387. The van der Waals surface area contributed by atoms with E-state index in [4.69, 9.17) is 0 Å². The van der Waals surface area contributed by atoms with Gasteiger partial charge >= 0.3 is 0 Å². The third kappa shape index (κ3) is 4.01. The predicted octanol–water partition coefficient (Wildman–Crippen LogP) is 1.91. The molecule has 2 rings (SSSR count). The molecule has 1 heterocycles. The molecule has 1 amide bonds. The number of thioether (sulfide) groups is 1. The topological polar surface area (TPSA) is 70.7 Å². The van der Waals surface area contributed by atoms with Gasteiger partial charge in [0.1, 0.15) is 5.82 Å². The maximum Gasteiger partial charge on any atom is 0.230 e. The number of hydrogen-bond acceptors (Lipinski definition) is 4. The molecule has 0 atom stereocenters. The first-order valence-electron chi connectivity index (χ1n) is 6.61. The van der Waals surface area contributed by atoms with E-state index in [-0.39, 0.29) is 5.91 Å². The third-order valence-corrected chi connectivity index (χ3v) is 4.00. The van der Waals surface area contributed by atoms with Crippen LogP contribution in [0.3, 0.4) is 0 Å². The number of aromatic amines is 1. The first-order chi connectivity index (χ1) is 8.78. The summed E-state index contributed by atoms with van der Waals surface area (Å²) in [4.78, 5) is 16.0. The van der Waals surface area contributed by atoms with Crippen LogP contribution in [0.2, 0.25) is 0 Å². The van der Waals surface area contributed by atoms with Crippen LogP contribution in [0.1, 0.15) is 44.9 Å². The van der Waals surface area contributed by atoms with Crippen LogP contribution in [0.5, 0.6) is 0 Å². The Morgan fingerprint density at radius 3 is 2.89 bits per heavy atom. The molecule has 5 nitrogen and oxygen atoms in total. The van der Waals surface area contributed by atoms with E-state index in [0.717, 1.165) is 25.1 Å². The summed E-state index contributed by atoms with van der Waals surface area (Å²) in [6, 6.07) is 0.380. The zero-order valence-corrected chi connectivity index (χ0v) is 11.6. The molecule has 2 N–H and O–H groups in total. The SMILES string of the molecule is CCc1nc(SCC(=O)NC2CCCCC2)n[nH]1. The number of aryl methyl sites for hydroxylation is 1. The fourth-order valence-corrected chi connectivity index (χ4v) is 2.78.